The number of hydrogen-bond acceptors (Lipinski definition) is 5. The fourth-order valence-electron chi connectivity index (χ4n) is 0.277. The first kappa shape index (κ1) is 8.80. The van der Waals surface area contributed by atoms with Gasteiger partial charge in [0.25, 0.3) is 0 Å². The Balaban J connectivity index is 3.22. The average molecular weight is 136 g/mol. The largest absolute Gasteiger partial charge is 0.343 e. The van der Waals surface area contributed by atoms with Crippen LogP contribution in [0.15, 0.2) is 0 Å². The summed E-state index contributed by atoms with van der Waals surface area (Å²) in [5, 5.41) is 0. The fourth-order valence-corrected chi connectivity index (χ4v) is 0.277. The minimum Gasteiger partial charge on any atom is -0.343 e. The Labute approximate surface area is 53.8 Å². The summed E-state index contributed by atoms with van der Waals surface area (Å²) in [4.78, 5) is 4.24. The zero-order valence-corrected chi connectivity index (χ0v) is 5.53. The Hall–Kier alpha value is -0.200. The molecular weight excluding hydrogens is 124 g/mol. The monoisotopic (exact) mass is 136 g/mol. The molecule has 4 N–H and O–H groups in total. The van der Waals surface area contributed by atoms with E-state index in [0.29, 0.717) is 0 Å². The standard InChI is InChI=1S/C4H12N2O3/c1-3(9-6)8-4(5)7-2/h3-4H,5-6H2,1-2H3/t3?,4-/m1/s1. The molecular formula is C4H12N2O3. The van der Waals surface area contributed by atoms with Crippen molar-refractivity contribution in [2.45, 2.75) is 19.6 Å². The van der Waals surface area contributed by atoms with Gasteiger partial charge in [0, 0.05) is 7.11 Å². The second-order valence-electron chi connectivity index (χ2n) is 1.44. The normalized spacial score (nSPS) is 17.3. The van der Waals surface area contributed by atoms with Crippen molar-refractivity contribution in [3.63, 3.8) is 0 Å². The lowest BCUT2D eigenvalue weighted by molar-refractivity contribution is -0.229. The minimum absolute atomic E-state index is 0.542. The van der Waals surface area contributed by atoms with E-state index in [1.54, 1.807) is 6.92 Å². The SMILES string of the molecule is CO[C@@H](N)OC(C)ON. The van der Waals surface area contributed by atoms with Gasteiger partial charge in [0.1, 0.15) is 0 Å². The van der Waals surface area contributed by atoms with E-state index in [1.165, 1.54) is 7.11 Å². The van der Waals surface area contributed by atoms with Crippen molar-refractivity contribution in [2.24, 2.45) is 11.6 Å². The quantitative estimate of drug-likeness (QED) is 0.388. The van der Waals surface area contributed by atoms with Crippen LogP contribution in [-0.2, 0) is 14.3 Å². The first-order chi connectivity index (χ1) is 4.20. The van der Waals surface area contributed by atoms with Gasteiger partial charge in [-0.25, -0.2) is 5.90 Å². The molecule has 0 aliphatic heterocycles. The molecule has 0 aromatic rings. The van der Waals surface area contributed by atoms with Crippen molar-refractivity contribution in [3.05, 3.63) is 0 Å². The molecule has 0 heterocycles. The van der Waals surface area contributed by atoms with Crippen LogP contribution in [0.25, 0.3) is 0 Å². The zero-order chi connectivity index (χ0) is 7.28. The molecule has 9 heavy (non-hydrogen) atoms. The van der Waals surface area contributed by atoms with E-state index in [0.717, 1.165) is 0 Å². The van der Waals surface area contributed by atoms with Crippen LogP contribution >= 0.6 is 0 Å². The maximum Gasteiger partial charge on any atom is 0.215 e. The van der Waals surface area contributed by atoms with Gasteiger partial charge in [0.05, 0.1) is 0 Å². The smallest absolute Gasteiger partial charge is 0.215 e. The van der Waals surface area contributed by atoms with E-state index in [4.69, 9.17) is 16.4 Å². The molecule has 0 rings (SSSR count). The molecule has 0 aromatic carbocycles. The van der Waals surface area contributed by atoms with Crippen molar-refractivity contribution in [1.29, 1.82) is 0 Å². The summed E-state index contributed by atoms with van der Waals surface area (Å²) in [7, 11) is 1.42. The summed E-state index contributed by atoms with van der Waals surface area (Å²) in [5.74, 6) is 4.74. The van der Waals surface area contributed by atoms with Gasteiger partial charge >= 0.3 is 0 Å². The van der Waals surface area contributed by atoms with Crippen LogP contribution in [0.5, 0.6) is 0 Å². The third-order valence-electron chi connectivity index (χ3n) is 0.750. The van der Waals surface area contributed by atoms with E-state index in [-0.39, 0.29) is 0 Å². The summed E-state index contributed by atoms with van der Waals surface area (Å²) in [6.45, 7) is 1.61. The van der Waals surface area contributed by atoms with Crippen LogP contribution in [-0.4, -0.2) is 19.8 Å². The highest BCUT2D eigenvalue weighted by molar-refractivity contribution is 4.28. The van der Waals surface area contributed by atoms with Crippen LogP contribution in [0.1, 0.15) is 6.92 Å². The minimum atomic E-state index is -0.774. The molecule has 0 aliphatic rings. The Morgan fingerprint density at radius 1 is 1.44 bits per heavy atom. The molecule has 0 radical (unpaired) electrons. The lowest BCUT2D eigenvalue weighted by Crippen LogP contribution is -2.32. The molecule has 0 spiro atoms. The Kier molecular flexibility index (Phi) is 4.55. The topological polar surface area (TPSA) is 79.7 Å². The third-order valence-corrected chi connectivity index (χ3v) is 0.750. The molecule has 56 valence electrons. The number of nitrogens with two attached hydrogens (primary N) is 2. The molecule has 0 saturated carbocycles. The molecule has 5 nitrogen and oxygen atoms in total. The van der Waals surface area contributed by atoms with Crippen LogP contribution in [0.3, 0.4) is 0 Å². The van der Waals surface area contributed by atoms with E-state index < -0.39 is 12.7 Å². The van der Waals surface area contributed by atoms with Crippen LogP contribution in [0.4, 0.5) is 0 Å². The number of hydrogen-bond donors (Lipinski definition) is 2. The summed E-state index contributed by atoms with van der Waals surface area (Å²) in [6.07, 6.45) is -1.32. The highest BCUT2D eigenvalue weighted by atomic mass is 16.8. The summed E-state index contributed by atoms with van der Waals surface area (Å²) in [5.41, 5.74) is 5.17. The molecule has 2 atom stereocenters. The second-order valence-corrected chi connectivity index (χ2v) is 1.44. The number of rotatable bonds is 4. The summed E-state index contributed by atoms with van der Waals surface area (Å²) < 4.78 is 9.30. The van der Waals surface area contributed by atoms with Crippen LogP contribution < -0.4 is 11.6 Å². The van der Waals surface area contributed by atoms with E-state index in [1.807, 2.05) is 0 Å². The molecule has 5 heteroatoms. The first-order valence-corrected chi connectivity index (χ1v) is 2.50. The fraction of sp³-hybridized carbons (Fsp3) is 1.00. The summed E-state index contributed by atoms with van der Waals surface area (Å²) >= 11 is 0. The van der Waals surface area contributed by atoms with Crippen molar-refractivity contribution in [1.82, 2.24) is 0 Å². The second kappa shape index (κ2) is 4.66. The number of methoxy groups -OCH3 is 1. The highest BCUT2D eigenvalue weighted by Gasteiger charge is 2.04. The maximum atomic E-state index is 5.17. The Bertz CT molecular complexity index is 62.8. The molecule has 0 aromatic heterocycles. The van der Waals surface area contributed by atoms with Crippen molar-refractivity contribution >= 4 is 0 Å². The van der Waals surface area contributed by atoms with Crippen molar-refractivity contribution < 1.29 is 14.3 Å². The van der Waals surface area contributed by atoms with Gasteiger partial charge in [0.2, 0.25) is 6.41 Å². The molecule has 0 aliphatic carbocycles. The third kappa shape index (κ3) is 4.31. The number of ether oxygens (including phenoxy) is 2. The maximum absolute atomic E-state index is 5.17. The van der Waals surface area contributed by atoms with Crippen molar-refractivity contribution in [3.8, 4) is 0 Å². The predicted octanol–water partition coefficient (Wildman–Crippen LogP) is -0.872. The lowest BCUT2D eigenvalue weighted by atomic mass is 10.8. The molecule has 0 amide bonds. The van der Waals surface area contributed by atoms with Gasteiger partial charge in [-0.3, -0.25) is 10.6 Å². The van der Waals surface area contributed by atoms with Gasteiger partial charge in [0.15, 0.2) is 6.29 Å². The van der Waals surface area contributed by atoms with Gasteiger partial charge in [-0.05, 0) is 6.92 Å². The molecule has 1 unspecified atom stereocenters. The first-order valence-electron chi connectivity index (χ1n) is 2.50. The zero-order valence-electron chi connectivity index (χ0n) is 5.53. The van der Waals surface area contributed by atoms with E-state index in [2.05, 4.69) is 9.57 Å². The van der Waals surface area contributed by atoms with E-state index >= 15 is 0 Å². The summed E-state index contributed by atoms with van der Waals surface area (Å²) in [6, 6.07) is 0. The molecule has 0 bridgehead atoms. The van der Waals surface area contributed by atoms with Gasteiger partial charge in [-0.1, -0.05) is 0 Å². The van der Waals surface area contributed by atoms with E-state index in [9.17, 15) is 0 Å². The van der Waals surface area contributed by atoms with Gasteiger partial charge in [-0.15, -0.1) is 0 Å². The Morgan fingerprint density at radius 3 is 2.33 bits per heavy atom. The van der Waals surface area contributed by atoms with Gasteiger partial charge < -0.3 is 9.47 Å². The predicted molar refractivity (Wildman–Crippen MR) is 30.8 cm³/mol. The van der Waals surface area contributed by atoms with Crippen LogP contribution in [0, 0.1) is 0 Å². The lowest BCUT2D eigenvalue weighted by Gasteiger charge is -2.14. The Morgan fingerprint density at radius 2 is 2.00 bits per heavy atom. The highest BCUT2D eigenvalue weighted by Crippen LogP contribution is 1.91. The van der Waals surface area contributed by atoms with Gasteiger partial charge in [-0.2, -0.15) is 0 Å². The average Bonchev–Trinajstić information content (AvgIpc) is 1.87. The van der Waals surface area contributed by atoms with Crippen LogP contribution in [0.2, 0.25) is 0 Å². The molecule has 0 saturated heterocycles. The molecule has 0 fully saturated rings. The van der Waals surface area contributed by atoms with Crippen molar-refractivity contribution in [2.75, 3.05) is 7.11 Å².